The molecule has 2 rings (SSSR count). The van der Waals surface area contributed by atoms with Crippen LogP contribution in [-0.4, -0.2) is 66.9 Å². The normalized spacial score (nSPS) is 15.0. The highest BCUT2D eigenvalue weighted by atomic mass is 35.5. The van der Waals surface area contributed by atoms with Crippen LogP contribution in [0.3, 0.4) is 0 Å². The molecular weight excluding hydrogens is 313 g/mol. The second kappa shape index (κ2) is 6.54. The maximum absolute atomic E-state index is 12.4. The number of nitrogens with zero attached hydrogens (tertiary/aromatic N) is 3. The zero-order valence-corrected chi connectivity index (χ0v) is 13.5. The summed E-state index contributed by atoms with van der Waals surface area (Å²) in [6.45, 7) is 2.09. The molecule has 5 nitrogen and oxygen atoms in total. The molecule has 0 aromatic heterocycles. The summed E-state index contributed by atoms with van der Waals surface area (Å²) in [5, 5.41) is 0.790. The van der Waals surface area contributed by atoms with Crippen molar-refractivity contribution < 1.29 is 9.59 Å². The number of hydrogen-bond donors (Lipinski definition) is 0. The van der Waals surface area contributed by atoms with E-state index in [1.165, 1.54) is 4.90 Å². The fourth-order valence-corrected chi connectivity index (χ4v) is 2.49. The molecule has 0 unspecified atom stereocenters. The van der Waals surface area contributed by atoms with E-state index in [1.54, 1.807) is 42.1 Å². The highest BCUT2D eigenvalue weighted by Gasteiger charge is 2.25. The lowest BCUT2D eigenvalue weighted by Gasteiger charge is -2.36. The largest absolute Gasteiger partial charge is 0.335 e. The van der Waals surface area contributed by atoms with Gasteiger partial charge in [0.25, 0.3) is 5.91 Å². The summed E-state index contributed by atoms with van der Waals surface area (Å²) in [7, 11) is 3.44. The summed E-state index contributed by atoms with van der Waals surface area (Å²) in [6, 6.07) is 4.82. The van der Waals surface area contributed by atoms with Gasteiger partial charge in [-0.25, -0.2) is 4.79 Å². The van der Waals surface area contributed by atoms with Crippen LogP contribution in [0.4, 0.5) is 4.79 Å². The van der Waals surface area contributed by atoms with E-state index in [9.17, 15) is 9.59 Å². The predicted octanol–water partition coefficient (Wildman–Crippen LogP) is 2.43. The summed E-state index contributed by atoms with van der Waals surface area (Å²) in [4.78, 5) is 29.2. The van der Waals surface area contributed by atoms with Crippen LogP contribution in [0, 0.1) is 0 Å². The Bertz CT molecular complexity index is 555. The molecule has 1 aromatic rings. The van der Waals surface area contributed by atoms with E-state index < -0.39 is 0 Å². The van der Waals surface area contributed by atoms with Crippen molar-refractivity contribution in [3.8, 4) is 0 Å². The van der Waals surface area contributed by atoms with Gasteiger partial charge in [-0.05, 0) is 18.2 Å². The Morgan fingerprint density at radius 2 is 1.57 bits per heavy atom. The molecule has 1 aliphatic rings. The zero-order valence-electron chi connectivity index (χ0n) is 12.0. The number of hydrogen-bond acceptors (Lipinski definition) is 2. The van der Waals surface area contributed by atoms with E-state index in [2.05, 4.69) is 0 Å². The molecule has 114 valence electrons. The maximum Gasteiger partial charge on any atom is 0.319 e. The highest BCUT2D eigenvalue weighted by molar-refractivity contribution is 6.42. The van der Waals surface area contributed by atoms with Crippen molar-refractivity contribution in [2.75, 3.05) is 40.3 Å². The average Bonchev–Trinajstić information content (AvgIpc) is 2.48. The van der Waals surface area contributed by atoms with Crippen LogP contribution in [0.1, 0.15) is 10.4 Å². The molecule has 1 heterocycles. The fourth-order valence-electron chi connectivity index (χ4n) is 2.20. The van der Waals surface area contributed by atoms with Crippen LogP contribution in [0.25, 0.3) is 0 Å². The van der Waals surface area contributed by atoms with E-state index in [4.69, 9.17) is 23.2 Å². The number of piperazine rings is 1. The smallest absolute Gasteiger partial charge is 0.319 e. The van der Waals surface area contributed by atoms with E-state index in [0.29, 0.717) is 41.8 Å². The van der Waals surface area contributed by atoms with Gasteiger partial charge in [0.15, 0.2) is 0 Å². The number of urea groups is 1. The average molecular weight is 330 g/mol. The monoisotopic (exact) mass is 329 g/mol. The molecule has 0 N–H and O–H groups in total. The first kappa shape index (κ1) is 15.9. The van der Waals surface area contributed by atoms with Gasteiger partial charge >= 0.3 is 6.03 Å². The number of rotatable bonds is 1. The molecule has 0 saturated carbocycles. The molecule has 0 aliphatic carbocycles. The maximum atomic E-state index is 12.4. The first-order valence-corrected chi connectivity index (χ1v) is 7.36. The molecule has 0 atom stereocenters. The van der Waals surface area contributed by atoms with E-state index in [0.717, 1.165) is 0 Å². The van der Waals surface area contributed by atoms with Crippen LogP contribution in [0.2, 0.25) is 10.0 Å². The minimum atomic E-state index is -0.0921. The highest BCUT2D eigenvalue weighted by Crippen LogP contribution is 2.23. The summed E-state index contributed by atoms with van der Waals surface area (Å²) in [5.41, 5.74) is 0.511. The molecule has 21 heavy (non-hydrogen) atoms. The molecule has 1 aliphatic heterocycles. The van der Waals surface area contributed by atoms with Crippen molar-refractivity contribution in [3.63, 3.8) is 0 Å². The Kier molecular flexibility index (Phi) is 4.96. The van der Waals surface area contributed by atoms with Crippen molar-refractivity contribution in [1.29, 1.82) is 0 Å². The molecule has 1 fully saturated rings. The number of carbonyl (C=O) groups excluding carboxylic acids is 2. The predicted molar refractivity (Wildman–Crippen MR) is 83.0 cm³/mol. The molecule has 7 heteroatoms. The lowest BCUT2D eigenvalue weighted by molar-refractivity contribution is 0.0650. The van der Waals surface area contributed by atoms with Crippen molar-refractivity contribution in [1.82, 2.24) is 14.7 Å². The standard InChI is InChI=1S/C14H17Cl2N3O2/c1-17(2)14(21)19-7-5-18(6-8-19)13(20)10-3-4-11(15)12(16)9-10/h3-4,9H,5-8H2,1-2H3. The van der Waals surface area contributed by atoms with E-state index in [1.807, 2.05) is 0 Å². The van der Waals surface area contributed by atoms with E-state index in [-0.39, 0.29) is 11.9 Å². The van der Waals surface area contributed by atoms with Crippen molar-refractivity contribution in [2.24, 2.45) is 0 Å². The van der Waals surface area contributed by atoms with Gasteiger partial charge in [-0.2, -0.15) is 0 Å². The van der Waals surface area contributed by atoms with Gasteiger partial charge in [0.05, 0.1) is 10.0 Å². The first-order valence-electron chi connectivity index (χ1n) is 6.60. The van der Waals surface area contributed by atoms with Gasteiger partial charge in [-0.15, -0.1) is 0 Å². The number of amides is 3. The third-order valence-corrected chi connectivity index (χ3v) is 4.13. The first-order chi connectivity index (χ1) is 9.90. The Morgan fingerprint density at radius 1 is 1.00 bits per heavy atom. The van der Waals surface area contributed by atoms with Gasteiger partial charge in [0, 0.05) is 45.8 Å². The molecule has 0 radical (unpaired) electrons. The molecule has 3 amide bonds. The molecule has 1 saturated heterocycles. The summed E-state index contributed by atoms with van der Waals surface area (Å²) in [6.07, 6.45) is 0. The van der Waals surface area contributed by atoms with Crippen LogP contribution in [0.5, 0.6) is 0 Å². The molecule has 0 spiro atoms. The van der Waals surface area contributed by atoms with Crippen molar-refractivity contribution in [2.45, 2.75) is 0 Å². The van der Waals surface area contributed by atoms with Gasteiger partial charge in [-0.1, -0.05) is 23.2 Å². The lowest BCUT2D eigenvalue weighted by atomic mass is 10.2. The van der Waals surface area contributed by atoms with Crippen LogP contribution < -0.4 is 0 Å². The Balaban J connectivity index is 2.00. The van der Waals surface area contributed by atoms with Gasteiger partial charge in [-0.3, -0.25) is 4.79 Å². The molecular formula is C14H17Cl2N3O2. The number of carbonyl (C=O) groups is 2. The second-order valence-electron chi connectivity index (χ2n) is 5.09. The van der Waals surface area contributed by atoms with Crippen LogP contribution in [-0.2, 0) is 0 Å². The number of halogens is 2. The summed E-state index contributed by atoms with van der Waals surface area (Å²) < 4.78 is 0. The topological polar surface area (TPSA) is 43.9 Å². The lowest BCUT2D eigenvalue weighted by Crippen LogP contribution is -2.52. The minimum Gasteiger partial charge on any atom is -0.335 e. The zero-order chi connectivity index (χ0) is 15.6. The Morgan fingerprint density at radius 3 is 2.10 bits per heavy atom. The fraction of sp³-hybridized carbons (Fsp3) is 0.429. The van der Waals surface area contributed by atoms with Crippen molar-refractivity contribution >= 4 is 35.1 Å². The van der Waals surface area contributed by atoms with E-state index >= 15 is 0 Å². The van der Waals surface area contributed by atoms with Crippen LogP contribution >= 0.6 is 23.2 Å². The Hall–Kier alpha value is -1.46. The van der Waals surface area contributed by atoms with Gasteiger partial charge < -0.3 is 14.7 Å². The van der Waals surface area contributed by atoms with Gasteiger partial charge in [0.1, 0.15) is 0 Å². The summed E-state index contributed by atoms with van der Waals surface area (Å²) in [5.74, 6) is -0.0921. The third-order valence-electron chi connectivity index (χ3n) is 3.39. The van der Waals surface area contributed by atoms with Gasteiger partial charge in [0.2, 0.25) is 0 Å². The molecule has 1 aromatic carbocycles. The van der Waals surface area contributed by atoms with Crippen LogP contribution in [0.15, 0.2) is 18.2 Å². The van der Waals surface area contributed by atoms with Crippen molar-refractivity contribution in [3.05, 3.63) is 33.8 Å². The summed E-state index contributed by atoms with van der Waals surface area (Å²) >= 11 is 11.8. The number of benzene rings is 1. The molecule has 0 bridgehead atoms. The minimum absolute atomic E-state index is 0.0309. The third kappa shape index (κ3) is 3.60. The SMILES string of the molecule is CN(C)C(=O)N1CCN(C(=O)c2ccc(Cl)c(Cl)c2)CC1. The quantitative estimate of drug-likeness (QED) is 0.794. The Labute approximate surface area is 134 Å². The second-order valence-corrected chi connectivity index (χ2v) is 5.90.